The Bertz CT molecular complexity index is 816. The second kappa shape index (κ2) is 7.43. The zero-order valence-electron chi connectivity index (χ0n) is 14.8. The summed E-state index contributed by atoms with van der Waals surface area (Å²) >= 11 is 0. The molecule has 1 aromatic heterocycles. The predicted molar refractivity (Wildman–Crippen MR) is 98.8 cm³/mol. The molecule has 25 heavy (non-hydrogen) atoms. The average Bonchev–Trinajstić information content (AvgIpc) is 3.04. The third kappa shape index (κ3) is 4.21. The molecule has 0 fully saturated rings. The predicted octanol–water partition coefficient (Wildman–Crippen LogP) is 4.81. The minimum absolute atomic E-state index is 0.0222. The topological polar surface area (TPSA) is 51.5 Å². The summed E-state index contributed by atoms with van der Waals surface area (Å²) < 4.78 is 11.3. The molecule has 0 radical (unpaired) electrons. The molecule has 1 amide bonds. The number of amides is 1. The van der Waals surface area contributed by atoms with E-state index in [0.29, 0.717) is 11.7 Å². The molecule has 0 spiro atoms. The first-order valence-corrected chi connectivity index (χ1v) is 8.53. The molecule has 1 unspecified atom stereocenters. The van der Waals surface area contributed by atoms with Crippen molar-refractivity contribution in [3.05, 3.63) is 65.9 Å². The van der Waals surface area contributed by atoms with Crippen LogP contribution in [0.25, 0.3) is 11.0 Å². The zero-order chi connectivity index (χ0) is 17.8. The lowest BCUT2D eigenvalue weighted by Crippen LogP contribution is -2.31. The Morgan fingerprint density at radius 1 is 1.08 bits per heavy atom. The van der Waals surface area contributed by atoms with Gasteiger partial charge in [-0.05, 0) is 42.7 Å². The van der Waals surface area contributed by atoms with Crippen molar-refractivity contribution >= 4 is 16.9 Å². The molecular formula is C21H23NO3. The maximum absolute atomic E-state index is 12.1. The van der Waals surface area contributed by atoms with Crippen LogP contribution in [0.1, 0.15) is 44.1 Å². The van der Waals surface area contributed by atoms with Crippen molar-refractivity contribution in [3.63, 3.8) is 0 Å². The third-order valence-electron chi connectivity index (χ3n) is 4.17. The number of carbonyl (C=O) groups is 1. The highest BCUT2D eigenvalue weighted by Crippen LogP contribution is 2.23. The largest absolute Gasteiger partial charge is 0.484 e. The first-order chi connectivity index (χ1) is 12.0. The Kier molecular flexibility index (Phi) is 5.08. The van der Waals surface area contributed by atoms with Gasteiger partial charge in [-0.2, -0.15) is 0 Å². The SMILES string of the molecule is CC(C)c1ccc(OCC(=O)NC(C)c2cc3ccccc3o2)cc1. The highest BCUT2D eigenvalue weighted by molar-refractivity contribution is 5.79. The number of hydrogen-bond donors (Lipinski definition) is 1. The lowest BCUT2D eigenvalue weighted by atomic mass is 10.0. The van der Waals surface area contributed by atoms with E-state index in [4.69, 9.17) is 9.15 Å². The van der Waals surface area contributed by atoms with Crippen LogP contribution in [-0.4, -0.2) is 12.5 Å². The summed E-state index contributed by atoms with van der Waals surface area (Å²) in [6, 6.07) is 17.4. The van der Waals surface area contributed by atoms with Crippen LogP contribution in [0.3, 0.4) is 0 Å². The Morgan fingerprint density at radius 2 is 1.80 bits per heavy atom. The molecule has 3 rings (SSSR count). The number of rotatable bonds is 6. The molecular weight excluding hydrogens is 314 g/mol. The molecule has 0 bridgehead atoms. The van der Waals surface area contributed by atoms with E-state index in [1.807, 2.05) is 61.5 Å². The van der Waals surface area contributed by atoms with E-state index in [0.717, 1.165) is 16.7 Å². The van der Waals surface area contributed by atoms with Gasteiger partial charge in [-0.1, -0.05) is 44.2 Å². The molecule has 4 nitrogen and oxygen atoms in total. The van der Waals surface area contributed by atoms with E-state index in [-0.39, 0.29) is 18.6 Å². The van der Waals surface area contributed by atoms with E-state index >= 15 is 0 Å². The molecule has 1 N–H and O–H groups in total. The first kappa shape index (κ1) is 17.1. The van der Waals surface area contributed by atoms with Crippen LogP contribution in [-0.2, 0) is 4.79 Å². The number of para-hydroxylation sites is 1. The molecule has 0 saturated carbocycles. The van der Waals surface area contributed by atoms with Gasteiger partial charge in [0.25, 0.3) is 5.91 Å². The standard InChI is InChI=1S/C21H23NO3/c1-14(2)16-8-10-18(11-9-16)24-13-21(23)22-15(3)20-12-17-6-4-5-7-19(17)25-20/h4-12,14-15H,13H2,1-3H3,(H,22,23). The molecule has 1 atom stereocenters. The van der Waals surface area contributed by atoms with Crippen molar-refractivity contribution in [1.29, 1.82) is 0 Å². The van der Waals surface area contributed by atoms with Crippen molar-refractivity contribution in [2.45, 2.75) is 32.7 Å². The van der Waals surface area contributed by atoms with Crippen molar-refractivity contribution in [2.75, 3.05) is 6.61 Å². The van der Waals surface area contributed by atoms with Crippen LogP contribution in [0.15, 0.2) is 59.0 Å². The summed E-state index contributed by atoms with van der Waals surface area (Å²) in [4.78, 5) is 12.1. The van der Waals surface area contributed by atoms with Crippen LogP contribution < -0.4 is 10.1 Å². The van der Waals surface area contributed by atoms with Crippen molar-refractivity contribution in [2.24, 2.45) is 0 Å². The fourth-order valence-electron chi connectivity index (χ4n) is 2.67. The normalized spacial score (nSPS) is 12.3. The monoisotopic (exact) mass is 337 g/mol. The highest BCUT2D eigenvalue weighted by Gasteiger charge is 2.14. The van der Waals surface area contributed by atoms with Crippen LogP contribution in [0, 0.1) is 0 Å². The van der Waals surface area contributed by atoms with E-state index in [1.54, 1.807) is 0 Å². The summed E-state index contributed by atoms with van der Waals surface area (Å²) in [6.45, 7) is 6.16. The minimum atomic E-state index is -0.216. The van der Waals surface area contributed by atoms with Crippen LogP contribution in [0.5, 0.6) is 5.75 Å². The number of nitrogens with one attached hydrogen (secondary N) is 1. The zero-order valence-corrected chi connectivity index (χ0v) is 14.8. The second-order valence-corrected chi connectivity index (χ2v) is 6.49. The molecule has 2 aromatic carbocycles. The van der Waals surface area contributed by atoms with Crippen LogP contribution in [0.2, 0.25) is 0 Å². The summed E-state index contributed by atoms with van der Waals surface area (Å²) in [6.07, 6.45) is 0. The lowest BCUT2D eigenvalue weighted by Gasteiger charge is -2.12. The van der Waals surface area contributed by atoms with Gasteiger partial charge in [0.1, 0.15) is 17.1 Å². The van der Waals surface area contributed by atoms with Crippen molar-refractivity contribution < 1.29 is 13.9 Å². The smallest absolute Gasteiger partial charge is 0.258 e. The fraction of sp³-hybridized carbons (Fsp3) is 0.286. The molecule has 1 heterocycles. The third-order valence-corrected chi connectivity index (χ3v) is 4.17. The molecule has 4 heteroatoms. The number of benzene rings is 2. The van der Waals surface area contributed by atoms with Gasteiger partial charge in [-0.15, -0.1) is 0 Å². The van der Waals surface area contributed by atoms with Gasteiger partial charge in [0.2, 0.25) is 0 Å². The summed E-state index contributed by atoms with van der Waals surface area (Å²) in [5.74, 6) is 1.72. The molecule has 0 aliphatic rings. The summed E-state index contributed by atoms with van der Waals surface area (Å²) in [5, 5.41) is 3.93. The number of ether oxygens (including phenoxy) is 1. The van der Waals surface area contributed by atoms with E-state index in [9.17, 15) is 4.79 Å². The quantitative estimate of drug-likeness (QED) is 0.702. The molecule has 0 aliphatic carbocycles. The minimum Gasteiger partial charge on any atom is -0.484 e. The maximum Gasteiger partial charge on any atom is 0.258 e. The maximum atomic E-state index is 12.1. The van der Waals surface area contributed by atoms with Gasteiger partial charge in [0.15, 0.2) is 6.61 Å². The van der Waals surface area contributed by atoms with Gasteiger partial charge in [0.05, 0.1) is 6.04 Å². The lowest BCUT2D eigenvalue weighted by molar-refractivity contribution is -0.123. The first-order valence-electron chi connectivity index (χ1n) is 8.53. The van der Waals surface area contributed by atoms with Crippen molar-refractivity contribution in [3.8, 4) is 5.75 Å². The van der Waals surface area contributed by atoms with E-state index in [2.05, 4.69) is 19.2 Å². The Morgan fingerprint density at radius 3 is 2.48 bits per heavy atom. The van der Waals surface area contributed by atoms with Gasteiger partial charge >= 0.3 is 0 Å². The summed E-state index contributed by atoms with van der Waals surface area (Å²) in [7, 11) is 0. The number of hydrogen-bond acceptors (Lipinski definition) is 3. The van der Waals surface area contributed by atoms with Crippen LogP contribution >= 0.6 is 0 Å². The van der Waals surface area contributed by atoms with E-state index < -0.39 is 0 Å². The molecule has 130 valence electrons. The molecule has 0 aliphatic heterocycles. The summed E-state index contributed by atoms with van der Waals surface area (Å²) in [5.41, 5.74) is 2.07. The average molecular weight is 337 g/mol. The highest BCUT2D eigenvalue weighted by atomic mass is 16.5. The van der Waals surface area contributed by atoms with Gasteiger partial charge < -0.3 is 14.5 Å². The van der Waals surface area contributed by atoms with Gasteiger partial charge in [-0.3, -0.25) is 4.79 Å². The Labute approximate surface area is 147 Å². The van der Waals surface area contributed by atoms with Crippen LogP contribution in [0.4, 0.5) is 0 Å². The number of carbonyl (C=O) groups excluding carboxylic acids is 1. The molecule has 3 aromatic rings. The number of furan rings is 1. The van der Waals surface area contributed by atoms with Crippen molar-refractivity contribution in [1.82, 2.24) is 5.32 Å². The van der Waals surface area contributed by atoms with E-state index in [1.165, 1.54) is 5.56 Å². The number of fused-ring (bicyclic) bond motifs is 1. The second-order valence-electron chi connectivity index (χ2n) is 6.49. The Hall–Kier alpha value is -2.75. The van der Waals surface area contributed by atoms with Gasteiger partial charge in [0, 0.05) is 5.39 Å². The fourth-order valence-corrected chi connectivity index (χ4v) is 2.67. The van der Waals surface area contributed by atoms with Gasteiger partial charge in [-0.25, -0.2) is 0 Å². The molecule has 0 saturated heterocycles. The Balaban J connectivity index is 1.54.